The molecule has 0 saturated heterocycles. The Hall–Kier alpha value is -1.68. The highest BCUT2D eigenvalue weighted by atomic mass is 79.9. The summed E-state index contributed by atoms with van der Waals surface area (Å²) in [6.45, 7) is 0.520. The molecular formula is C16H12BrFO2. The fraction of sp³-hybridized carbons (Fsp3) is 0.188. The lowest BCUT2D eigenvalue weighted by molar-refractivity contribution is 0.0932. The van der Waals surface area contributed by atoms with Gasteiger partial charge in [-0.05, 0) is 46.6 Å². The minimum Gasteiger partial charge on any atom is -0.493 e. The molecule has 0 spiro atoms. The Morgan fingerprint density at radius 2 is 2.05 bits per heavy atom. The number of hydrogen-bond acceptors (Lipinski definition) is 2. The van der Waals surface area contributed by atoms with E-state index in [-0.39, 0.29) is 17.5 Å². The average molecular weight is 335 g/mol. The van der Waals surface area contributed by atoms with E-state index in [4.69, 9.17) is 4.74 Å². The Balaban J connectivity index is 2.00. The normalized spacial score (nSPS) is 17.2. The quantitative estimate of drug-likeness (QED) is 0.764. The van der Waals surface area contributed by atoms with Crippen molar-refractivity contribution < 1.29 is 13.9 Å². The monoisotopic (exact) mass is 334 g/mol. The molecule has 0 saturated carbocycles. The molecule has 2 aromatic rings. The van der Waals surface area contributed by atoms with Gasteiger partial charge < -0.3 is 4.74 Å². The van der Waals surface area contributed by atoms with Gasteiger partial charge in [0.1, 0.15) is 11.6 Å². The summed E-state index contributed by atoms with van der Waals surface area (Å²) < 4.78 is 19.2. The zero-order valence-corrected chi connectivity index (χ0v) is 12.2. The lowest BCUT2D eigenvalue weighted by atomic mass is 9.86. The predicted octanol–water partition coefficient (Wildman–Crippen LogP) is 4.34. The highest BCUT2D eigenvalue weighted by molar-refractivity contribution is 9.10. The lowest BCUT2D eigenvalue weighted by Crippen LogP contribution is -2.21. The van der Waals surface area contributed by atoms with Crippen LogP contribution in [0.25, 0.3) is 0 Å². The maximum absolute atomic E-state index is 13.1. The number of carbonyl (C=O) groups is 1. The fourth-order valence-electron chi connectivity index (χ4n) is 2.49. The maximum Gasteiger partial charge on any atom is 0.171 e. The third-order valence-corrected chi connectivity index (χ3v) is 4.13. The molecular weight excluding hydrogens is 323 g/mol. The van der Waals surface area contributed by atoms with Crippen molar-refractivity contribution in [1.29, 1.82) is 0 Å². The molecule has 1 heterocycles. The first kappa shape index (κ1) is 13.3. The summed E-state index contributed by atoms with van der Waals surface area (Å²) in [4.78, 5) is 12.7. The third-order valence-electron chi connectivity index (χ3n) is 3.47. The second-order valence-corrected chi connectivity index (χ2v) is 5.57. The molecule has 4 heteroatoms. The summed E-state index contributed by atoms with van der Waals surface area (Å²) in [6, 6.07) is 11.7. The molecule has 0 aromatic heterocycles. The highest BCUT2D eigenvalue weighted by Gasteiger charge is 2.29. The number of ether oxygens (including phenoxy) is 1. The average Bonchev–Trinajstić information content (AvgIpc) is 2.46. The smallest absolute Gasteiger partial charge is 0.171 e. The van der Waals surface area contributed by atoms with Crippen molar-refractivity contribution in [3.63, 3.8) is 0 Å². The van der Waals surface area contributed by atoms with E-state index in [2.05, 4.69) is 15.9 Å². The minimum atomic E-state index is -0.360. The third kappa shape index (κ3) is 2.36. The summed E-state index contributed by atoms with van der Waals surface area (Å²) in [6.07, 6.45) is 0.639. The zero-order valence-electron chi connectivity index (χ0n) is 10.6. The van der Waals surface area contributed by atoms with Crippen LogP contribution >= 0.6 is 15.9 Å². The molecule has 20 heavy (non-hydrogen) atoms. The van der Waals surface area contributed by atoms with Gasteiger partial charge >= 0.3 is 0 Å². The van der Waals surface area contributed by atoms with Gasteiger partial charge in [-0.1, -0.05) is 18.2 Å². The van der Waals surface area contributed by atoms with Gasteiger partial charge in [0.25, 0.3) is 0 Å². The summed E-state index contributed by atoms with van der Waals surface area (Å²) in [5.41, 5.74) is 1.41. The van der Waals surface area contributed by atoms with Crippen LogP contribution in [0.1, 0.15) is 28.3 Å². The molecule has 0 radical (unpaired) electrons. The standard InChI is InChI=1S/C16H12BrFO2/c17-14-9-10(18)5-6-13(14)16(19)12-7-8-20-15-4-2-1-3-11(12)15/h1-6,9,12H,7-8H2. The van der Waals surface area contributed by atoms with Gasteiger partial charge in [0.05, 0.1) is 12.5 Å². The predicted molar refractivity (Wildman–Crippen MR) is 77.7 cm³/mol. The fourth-order valence-corrected chi connectivity index (χ4v) is 3.04. The van der Waals surface area contributed by atoms with Crippen molar-refractivity contribution in [2.45, 2.75) is 12.3 Å². The van der Waals surface area contributed by atoms with Gasteiger partial charge in [-0.15, -0.1) is 0 Å². The van der Waals surface area contributed by atoms with E-state index in [0.29, 0.717) is 23.1 Å². The Bertz CT molecular complexity index is 669. The van der Waals surface area contributed by atoms with Crippen LogP contribution < -0.4 is 4.74 Å². The second kappa shape index (κ2) is 5.37. The van der Waals surface area contributed by atoms with Gasteiger partial charge in [0, 0.05) is 15.6 Å². The molecule has 0 fully saturated rings. The van der Waals surface area contributed by atoms with Gasteiger partial charge in [0.2, 0.25) is 0 Å². The zero-order chi connectivity index (χ0) is 14.1. The number of fused-ring (bicyclic) bond motifs is 1. The van der Waals surface area contributed by atoms with Gasteiger partial charge in [-0.3, -0.25) is 4.79 Å². The topological polar surface area (TPSA) is 26.3 Å². The Morgan fingerprint density at radius 3 is 2.85 bits per heavy atom. The van der Waals surface area contributed by atoms with Crippen LogP contribution in [-0.4, -0.2) is 12.4 Å². The van der Waals surface area contributed by atoms with Crippen molar-refractivity contribution in [3.05, 3.63) is 63.9 Å². The molecule has 0 N–H and O–H groups in total. The molecule has 2 nitrogen and oxygen atoms in total. The van der Waals surface area contributed by atoms with E-state index in [1.54, 1.807) is 0 Å². The molecule has 1 aliphatic rings. The molecule has 1 atom stereocenters. The van der Waals surface area contributed by atoms with E-state index in [1.165, 1.54) is 18.2 Å². The Kier molecular flexibility index (Phi) is 3.57. The van der Waals surface area contributed by atoms with Crippen LogP contribution in [-0.2, 0) is 0 Å². The first-order valence-corrected chi connectivity index (χ1v) is 7.17. The molecule has 3 rings (SSSR count). The van der Waals surface area contributed by atoms with Crippen LogP contribution in [0.5, 0.6) is 5.75 Å². The molecule has 0 bridgehead atoms. The van der Waals surface area contributed by atoms with Crippen molar-refractivity contribution in [2.24, 2.45) is 0 Å². The summed E-state index contributed by atoms with van der Waals surface area (Å²) in [5, 5.41) is 0. The SMILES string of the molecule is O=C(c1ccc(F)cc1Br)C1CCOc2ccccc21. The van der Waals surface area contributed by atoms with E-state index in [9.17, 15) is 9.18 Å². The van der Waals surface area contributed by atoms with Crippen LogP contribution in [0.3, 0.4) is 0 Å². The molecule has 1 unspecified atom stereocenters. The van der Waals surface area contributed by atoms with Gasteiger partial charge in [0.15, 0.2) is 5.78 Å². The molecule has 2 aromatic carbocycles. The number of halogens is 2. The summed E-state index contributed by atoms with van der Waals surface area (Å²) in [7, 11) is 0. The number of hydrogen-bond donors (Lipinski definition) is 0. The van der Waals surface area contributed by atoms with Crippen LogP contribution in [0.15, 0.2) is 46.9 Å². The van der Waals surface area contributed by atoms with Crippen molar-refractivity contribution in [1.82, 2.24) is 0 Å². The number of Topliss-reactive ketones (excluding diaryl/α,β-unsaturated/α-hetero) is 1. The largest absolute Gasteiger partial charge is 0.493 e. The number of benzene rings is 2. The molecule has 1 aliphatic heterocycles. The van der Waals surface area contributed by atoms with Crippen LogP contribution in [0.2, 0.25) is 0 Å². The number of para-hydroxylation sites is 1. The highest BCUT2D eigenvalue weighted by Crippen LogP contribution is 2.36. The lowest BCUT2D eigenvalue weighted by Gasteiger charge is -2.25. The van der Waals surface area contributed by atoms with Crippen LogP contribution in [0.4, 0.5) is 4.39 Å². The Labute approximate surface area is 124 Å². The van der Waals surface area contributed by atoms with Crippen molar-refractivity contribution >= 4 is 21.7 Å². The van der Waals surface area contributed by atoms with E-state index in [1.807, 2.05) is 24.3 Å². The van der Waals surface area contributed by atoms with Crippen molar-refractivity contribution in [3.8, 4) is 5.75 Å². The van der Waals surface area contributed by atoms with Gasteiger partial charge in [-0.2, -0.15) is 0 Å². The molecule has 102 valence electrons. The van der Waals surface area contributed by atoms with Crippen molar-refractivity contribution in [2.75, 3.05) is 6.61 Å². The van der Waals surface area contributed by atoms with E-state index in [0.717, 1.165) is 11.3 Å². The summed E-state index contributed by atoms with van der Waals surface area (Å²) in [5.74, 6) is 0.158. The first-order valence-electron chi connectivity index (χ1n) is 6.38. The Morgan fingerprint density at radius 1 is 1.25 bits per heavy atom. The van der Waals surface area contributed by atoms with E-state index < -0.39 is 0 Å². The van der Waals surface area contributed by atoms with Gasteiger partial charge in [-0.25, -0.2) is 4.39 Å². The van der Waals surface area contributed by atoms with Crippen LogP contribution in [0, 0.1) is 5.82 Å². The second-order valence-electron chi connectivity index (χ2n) is 4.72. The number of rotatable bonds is 2. The summed E-state index contributed by atoms with van der Waals surface area (Å²) >= 11 is 3.26. The first-order chi connectivity index (χ1) is 9.66. The molecule has 0 aliphatic carbocycles. The number of ketones is 1. The minimum absolute atomic E-state index is 0.00683. The maximum atomic E-state index is 13.1. The number of carbonyl (C=O) groups excluding carboxylic acids is 1. The molecule has 0 amide bonds. The van der Waals surface area contributed by atoms with E-state index >= 15 is 0 Å².